The lowest BCUT2D eigenvalue weighted by Crippen LogP contribution is -2.14. The Labute approximate surface area is 100 Å². The fourth-order valence-electron chi connectivity index (χ4n) is 1.69. The Kier molecular flexibility index (Phi) is 2.86. The maximum atomic E-state index is 12.0. The van der Waals surface area contributed by atoms with Crippen molar-refractivity contribution in [1.29, 1.82) is 0 Å². The van der Waals surface area contributed by atoms with E-state index < -0.39 is 10.8 Å². The van der Waals surface area contributed by atoms with Crippen LogP contribution in [0.2, 0.25) is 5.02 Å². The van der Waals surface area contributed by atoms with Crippen LogP contribution < -0.4 is 5.43 Å². The molecule has 2 aromatic rings. The highest BCUT2D eigenvalue weighted by atomic mass is 35.5. The van der Waals surface area contributed by atoms with Crippen molar-refractivity contribution in [1.82, 2.24) is 4.57 Å². The number of halogens is 1. The third-order valence-corrected chi connectivity index (χ3v) is 3.64. The normalized spacial score (nSPS) is 12.9. The molecule has 0 bridgehead atoms. The quantitative estimate of drug-likeness (QED) is 0.781. The smallest absolute Gasteiger partial charge is 0.205 e. The van der Waals surface area contributed by atoms with Crippen LogP contribution in [-0.2, 0) is 17.8 Å². The minimum Gasteiger partial charge on any atom is -0.348 e. The van der Waals surface area contributed by atoms with E-state index in [-0.39, 0.29) is 5.43 Å². The lowest BCUT2D eigenvalue weighted by atomic mass is 10.2. The molecule has 1 aromatic heterocycles. The fraction of sp³-hybridized carbons (Fsp3) is 0.182. The van der Waals surface area contributed by atoms with Crippen LogP contribution in [0.15, 0.2) is 34.1 Å². The van der Waals surface area contributed by atoms with Crippen molar-refractivity contribution in [3.05, 3.63) is 39.6 Å². The molecule has 3 nitrogen and oxygen atoms in total. The number of benzene rings is 1. The van der Waals surface area contributed by atoms with E-state index in [1.807, 2.05) is 0 Å². The molecule has 0 spiro atoms. The maximum absolute atomic E-state index is 12.0. The van der Waals surface area contributed by atoms with E-state index in [2.05, 4.69) is 0 Å². The number of rotatable bonds is 1. The van der Waals surface area contributed by atoms with E-state index in [1.165, 1.54) is 6.26 Å². The van der Waals surface area contributed by atoms with Crippen molar-refractivity contribution < 1.29 is 4.21 Å². The first-order valence-corrected chi connectivity index (χ1v) is 6.57. The number of para-hydroxylation sites is 1. The Bertz CT molecular complexity index is 648. The second-order valence-corrected chi connectivity index (χ2v) is 5.28. The van der Waals surface area contributed by atoms with Crippen molar-refractivity contribution in [2.24, 2.45) is 7.05 Å². The van der Waals surface area contributed by atoms with Gasteiger partial charge in [-0.1, -0.05) is 17.7 Å². The molecule has 0 fully saturated rings. The van der Waals surface area contributed by atoms with Gasteiger partial charge >= 0.3 is 0 Å². The van der Waals surface area contributed by atoms with E-state index in [9.17, 15) is 9.00 Å². The van der Waals surface area contributed by atoms with Crippen molar-refractivity contribution in [3.63, 3.8) is 0 Å². The van der Waals surface area contributed by atoms with E-state index in [1.54, 1.807) is 36.0 Å². The van der Waals surface area contributed by atoms with Gasteiger partial charge in [0.25, 0.3) is 0 Å². The van der Waals surface area contributed by atoms with Crippen molar-refractivity contribution >= 4 is 33.3 Å². The molecule has 0 amide bonds. The number of hydrogen-bond donors (Lipinski definition) is 0. The summed E-state index contributed by atoms with van der Waals surface area (Å²) in [6.45, 7) is 0. The predicted molar refractivity (Wildman–Crippen MR) is 66.5 cm³/mol. The lowest BCUT2D eigenvalue weighted by Gasteiger charge is -2.08. The average molecular weight is 256 g/mol. The van der Waals surface area contributed by atoms with Gasteiger partial charge in [-0.2, -0.15) is 0 Å². The van der Waals surface area contributed by atoms with Crippen LogP contribution in [-0.4, -0.2) is 15.0 Å². The Morgan fingerprint density at radius 2 is 2.06 bits per heavy atom. The number of aryl methyl sites for hydroxylation is 1. The highest BCUT2D eigenvalue weighted by Gasteiger charge is 2.11. The molecule has 2 rings (SSSR count). The van der Waals surface area contributed by atoms with Crippen LogP contribution in [0.5, 0.6) is 0 Å². The van der Waals surface area contributed by atoms with Crippen LogP contribution >= 0.6 is 11.6 Å². The lowest BCUT2D eigenvalue weighted by molar-refractivity contribution is 0.685. The highest BCUT2D eigenvalue weighted by molar-refractivity contribution is 7.84. The Morgan fingerprint density at radius 3 is 2.69 bits per heavy atom. The summed E-state index contributed by atoms with van der Waals surface area (Å²) in [5, 5.41) is 1.02. The SMILES string of the molecule is Cn1cc(S(C)=O)c(=O)c2cccc(Cl)c21. The van der Waals surface area contributed by atoms with Crippen LogP contribution in [0.1, 0.15) is 0 Å². The molecule has 0 saturated carbocycles. The van der Waals surface area contributed by atoms with E-state index in [0.717, 1.165) is 0 Å². The molecule has 84 valence electrons. The highest BCUT2D eigenvalue weighted by Crippen LogP contribution is 2.21. The first-order chi connectivity index (χ1) is 7.52. The second kappa shape index (κ2) is 4.03. The summed E-state index contributed by atoms with van der Waals surface area (Å²) in [7, 11) is 0.492. The molecule has 0 aliphatic carbocycles. The van der Waals surface area contributed by atoms with Gasteiger partial charge in [0.1, 0.15) is 4.90 Å². The molecular formula is C11H10ClNO2S. The van der Waals surface area contributed by atoms with Crippen molar-refractivity contribution in [2.75, 3.05) is 6.26 Å². The van der Waals surface area contributed by atoms with Gasteiger partial charge < -0.3 is 4.57 Å². The Hall–Kier alpha value is -1.13. The monoisotopic (exact) mass is 255 g/mol. The molecule has 0 aliphatic heterocycles. The maximum Gasteiger partial charge on any atom is 0.205 e. The summed E-state index contributed by atoms with van der Waals surface area (Å²) in [6.07, 6.45) is 3.07. The molecule has 1 heterocycles. The summed E-state index contributed by atoms with van der Waals surface area (Å²) in [4.78, 5) is 12.3. The molecule has 5 heteroatoms. The number of hydrogen-bond acceptors (Lipinski definition) is 2. The Balaban J connectivity index is 3.02. The molecule has 0 N–H and O–H groups in total. The van der Waals surface area contributed by atoms with Crippen molar-refractivity contribution in [2.45, 2.75) is 4.90 Å². The first kappa shape index (κ1) is 11.4. The molecule has 0 aliphatic rings. The molecule has 1 aromatic carbocycles. The number of nitrogens with zero attached hydrogens (tertiary/aromatic N) is 1. The molecule has 16 heavy (non-hydrogen) atoms. The third-order valence-electron chi connectivity index (χ3n) is 2.43. The first-order valence-electron chi connectivity index (χ1n) is 4.63. The third kappa shape index (κ3) is 1.68. The van der Waals surface area contributed by atoms with E-state index in [0.29, 0.717) is 20.8 Å². The van der Waals surface area contributed by atoms with Gasteiger partial charge in [0.2, 0.25) is 5.43 Å². The van der Waals surface area contributed by atoms with Gasteiger partial charge in [-0.15, -0.1) is 0 Å². The van der Waals surface area contributed by atoms with Gasteiger partial charge in [-0.25, -0.2) is 0 Å². The fourth-order valence-corrected chi connectivity index (χ4v) is 2.68. The minimum atomic E-state index is -1.29. The summed E-state index contributed by atoms with van der Waals surface area (Å²) in [5.74, 6) is 0. The second-order valence-electron chi connectivity index (χ2n) is 3.52. The largest absolute Gasteiger partial charge is 0.348 e. The van der Waals surface area contributed by atoms with Gasteiger partial charge in [0.15, 0.2) is 0 Å². The van der Waals surface area contributed by atoms with E-state index in [4.69, 9.17) is 11.6 Å². The van der Waals surface area contributed by atoms with Gasteiger partial charge in [0.05, 0.1) is 21.3 Å². The van der Waals surface area contributed by atoms with E-state index >= 15 is 0 Å². The zero-order valence-electron chi connectivity index (χ0n) is 8.86. The van der Waals surface area contributed by atoms with Gasteiger partial charge in [0, 0.05) is 24.9 Å². The van der Waals surface area contributed by atoms with Crippen LogP contribution in [0.3, 0.4) is 0 Å². The van der Waals surface area contributed by atoms with Crippen LogP contribution in [0, 0.1) is 0 Å². The molecular weight excluding hydrogens is 246 g/mol. The molecule has 0 saturated heterocycles. The topological polar surface area (TPSA) is 39.1 Å². The standard InChI is InChI=1S/C11H10ClNO2S/c1-13-6-9(16(2)15)11(14)7-4-3-5-8(12)10(7)13/h3-6H,1-2H3. The summed E-state index contributed by atoms with van der Waals surface area (Å²) < 4.78 is 13.1. The number of fused-ring (bicyclic) bond motifs is 1. The van der Waals surface area contributed by atoms with Crippen LogP contribution in [0.4, 0.5) is 0 Å². The minimum absolute atomic E-state index is 0.212. The number of pyridine rings is 1. The zero-order chi connectivity index (χ0) is 11.9. The van der Waals surface area contributed by atoms with Gasteiger partial charge in [-0.3, -0.25) is 9.00 Å². The summed E-state index contributed by atoms with van der Waals surface area (Å²) >= 11 is 6.03. The molecule has 1 atom stereocenters. The summed E-state index contributed by atoms with van der Waals surface area (Å²) in [6, 6.07) is 5.14. The summed E-state index contributed by atoms with van der Waals surface area (Å²) in [5.41, 5.74) is 0.458. The molecule has 0 radical (unpaired) electrons. The van der Waals surface area contributed by atoms with Gasteiger partial charge in [-0.05, 0) is 12.1 Å². The zero-order valence-corrected chi connectivity index (χ0v) is 10.4. The van der Waals surface area contributed by atoms with Crippen molar-refractivity contribution in [3.8, 4) is 0 Å². The van der Waals surface area contributed by atoms with Crippen LogP contribution in [0.25, 0.3) is 10.9 Å². The molecule has 1 unspecified atom stereocenters. The predicted octanol–water partition coefficient (Wildman–Crippen LogP) is 1.93. The average Bonchev–Trinajstić information content (AvgIpc) is 2.22. The Morgan fingerprint density at radius 1 is 1.38 bits per heavy atom. The number of aromatic nitrogens is 1.